The minimum atomic E-state index is -5.15. The highest BCUT2D eigenvalue weighted by Crippen LogP contribution is 2.41. The summed E-state index contributed by atoms with van der Waals surface area (Å²) >= 11 is 0. The Morgan fingerprint density at radius 3 is 2.68 bits per heavy atom. The molecule has 9 nitrogen and oxygen atoms in total. The van der Waals surface area contributed by atoms with E-state index < -0.39 is 53.6 Å². The van der Waals surface area contributed by atoms with Crippen LogP contribution < -0.4 is 15.6 Å². The van der Waals surface area contributed by atoms with Crippen molar-refractivity contribution in [3.05, 3.63) is 45.9 Å². The first kappa shape index (κ1) is 26.9. The van der Waals surface area contributed by atoms with Gasteiger partial charge in [-0.25, -0.2) is 8.78 Å². The first-order chi connectivity index (χ1) is 17.3. The maximum atomic E-state index is 14.8. The number of aliphatic hydroxyl groups excluding tert-OH is 1. The minimum Gasteiger partial charge on any atom is -0.476 e. The highest BCUT2D eigenvalue weighted by molar-refractivity contribution is 5.93. The molecule has 1 saturated heterocycles. The number of H-pyrrole nitrogens is 1. The number of carbonyl (C=O) groups is 1. The van der Waals surface area contributed by atoms with E-state index in [4.69, 9.17) is 4.74 Å². The second kappa shape index (κ2) is 10.3. The molecule has 1 aliphatic carbocycles. The smallest absolute Gasteiger partial charge is 0.418 e. The summed E-state index contributed by atoms with van der Waals surface area (Å²) in [6.45, 7) is 1.51. The fourth-order valence-corrected chi connectivity index (χ4v) is 4.07. The first-order valence-electron chi connectivity index (χ1n) is 11.7. The molecule has 2 aromatic heterocycles. The van der Waals surface area contributed by atoms with Gasteiger partial charge in [-0.1, -0.05) is 0 Å². The lowest BCUT2D eigenvalue weighted by molar-refractivity contribution is -0.207. The van der Waals surface area contributed by atoms with Gasteiger partial charge in [-0.3, -0.25) is 14.5 Å². The van der Waals surface area contributed by atoms with Gasteiger partial charge in [0.25, 0.3) is 11.5 Å². The normalized spacial score (nSPS) is 21.8. The van der Waals surface area contributed by atoms with Crippen LogP contribution in [-0.2, 0) is 4.79 Å². The van der Waals surface area contributed by atoms with Crippen molar-refractivity contribution in [2.24, 2.45) is 5.92 Å². The van der Waals surface area contributed by atoms with Gasteiger partial charge in [-0.15, -0.1) is 10.2 Å². The number of aromatic amines is 1. The highest BCUT2D eigenvalue weighted by Gasteiger charge is 2.47. The van der Waals surface area contributed by atoms with Crippen molar-refractivity contribution in [2.45, 2.75) is 56.3 Å². The second-order valence-corrected chi connectivity index (χ2v) is 9.40. The third-order valence-electron chi connectivity index (χ3n) is 6.60. The van der Waals surface area contributed by atoms with E-state index in [1.54, 1.807) is 6.07 Å². The maximum Gasteiger partial charge on any atom is 0.418 e. The van der Waals surface area contributed by atoms with Crippen LogP contribution in [0.5, 0.6) is 5.88 Å². The number of anilines is 1. The van der Waals surface area contributed by atoms with E-state index in [0.29, 0.717) is 24.5 Å². The molecule has 0 bridgehead atoms. The Hall–Kier alpha value is -3.13. The molecule has 0 aromatic carbocycles. The van der Waals surface area contributed by atoms with Crippen LogP contribution in [0.2, 0.25) is 0 Å². The van der Waals surface area contributed by atoms with Gasteiger partial charge in [0.05, 0.1) is 24.1 Å². The summed E-state index contributed by atoms with van der Waals surface area (Å²) in [6, 6.07) is 2.80. The number of hydrogen-bond donors (Lipinski definition) is 3. The van der Waals surface area contributed by atoms with Crippen LogP contribution >= 0.6 is 0 Å². The summed E-state index contributed by atoms with van der Waals surface area (Å²) in [5, 5.41) is 19.8. The molecule has 4 rings (SSSR count). The fraction of sp³-hybridized carbons (Fsp3) is 0.565. The van der Waals surface area contributed by atoms with E-state index in [9.17, 15) is 36.6 Å². The van der Waals surface area contributed by atoms with Crippen LogP contribution in [0.15, 0.2) is 29.2 Å². The van der Waals surface area contributed by atoms with Gasteiger partial charge in [0.15, 0.2) is 11.9 Å². The molecule has 3 atom stereocenters. The number of nitrogens with one attached hydrogen (secondary N) is 2. The van der Waals surface area contributed by atoms with Gasteiger partial charge in [0.2, 0.25) is 11.8 Å². The number of alkyl halides is 5. The SMILES string of the molecule is CC(C(=O)Nc1ccc(OCC2CC2)nn1)N1CCC(F)(F)[C@@H](c2c[nH]c(=O)c([C@H](O)C(F)(F)F)c2)C1. The number of likely N-dealkylation sites (tertiary alicyclic amines) is 1. The molecule has 1 amide bonds. The quantitative estimate of drug-likeness (QED) is 0.448. The average molecular weight is 531 g/mol. The molecule has 1 aliphatic heterocycles. The number of aliphatic hydroxyl groups is 1. The van der Waals surface area contributed by atoms with Crippen molar-refractivity contribution in [1.82, 2.24) is 20.1 Å². The Bertz CT molecular complexity index is 1170. The Morgan fingerprint density at radius 2 is 2.05 bits per heavy atom. The molecule has 3 heterocycles. The number of rotatable bonds is 8. The van der Waals surface area contributed by atoms with Crippen molar-refractivity contribution >= 4 is 11.7 Å². The van der Waals surface area contributed by atoms with Crippen LogP contribution in [0.4, 0.5) is 27.8 Å². The number of aromatic nitrogens is 3. The van der Waals surface area contributed by atoms with Crippen molar-refractivity contribution in [3.8, 4) is 5.88 Å². The molecule has 0 radical (unpaired) electrons. The molecule has 1 unspecified atom stereocenters. The van der Waals surface area contributed by atoms with E-state index in [1.165, 1.54) is 17.9 Å². The van der Waals surface area contributed by atoms with Gasteiger partial charge in [-0.05, 0) is 43.4 Å². The molecule has 202 valence electrons. The molecule has 37 heavy (non-hydrogen) atoms. The number of carbonyl (C=O) groups excluding carboxylic acids is 1. The summed E-state index contributed by atoms with van der Waals surface area (Å²) in [6.07, 6.45) is -5.81. The lowest BCUT2D eigenvalue weighted by atomic mass is 9.86. The molecule has 0 spiro atoms. The topological polar surface area (TPSA) is 120 Å². The molecule has 1 saturated carbocycles. The Morgan fingerprint density at radius 1 is 1.32 bits per heavy atom. The summed E-state index contributed by atoms with van der Waals surface area (Å²) in [5.41, 5.74) is -2.60. The largest absolute Gasteiger partial charge is 0.476 e. The molecule has 2 aliphatic rings. The van der Waals surface area contributed by atoms with E-state index in [-0.39, 0.29) is 24.5 Å². The Balaban J connectivity index is 1.44. The number of nitrogens with zero attached hydrogens (tertiary/aromatic N) is 3. The van der Waals surface area contributed by atoms with Crippen LogP contribution in [0.25, 0.3) is 0 Å². The van der Waals surface area contributed by atoms with Gasteiger partial charge in [-0.2, -0.15) is 13.2 Å². The van der Waals surface area contributed by atoms with E-state index >= 15 is 0 Å². The molecule has 2 fully saturated rings. The summed E-state index contributed by atoms with van der Waals surface area (Å²) in [5.74, 6) is -4.52. The van der Waals surface area contributed by atoms with Crippen molar-refractivity contribution in [3.63, 3.8) is 0 Å². The Labute approximate surface area is 208 Å². The van der Waals surface area contributed by atoms with Gasteiger partial charge >= 0.3 is 6.18 Å². The number of amides is 1. The van der Waals surface area contributed by atoms with E-state index in [1.807, 2.05) is 4.98 Å². The summed E-state index contributed by atoms with van der Waals surface area (Å²) < 4.78 is 74.0. The average Bonchev–Trinajstić information content (AvgIpc) is 3.67. The standard InChI is InChI=1S/C23H26F5N5O4/c1-12(20(35)30-17-4-5-18(32-31-17)37-11-13-2-3-13)33-7-6-22(24,25)16(10-33)14-8-15(21(36)29-9-14)19(34)23(26,27)28/h4-5,8-9,12-13,16,19,34H,2-3,6-7,10-11H2,1H3,(H,29,36)(H,30,31,35)/t12?,16-,19+/m1/s1. The number of pyridine rings is 1. The zero-order valence-electron chi connectivity index (χ0n) is 19.8. The monoisotopic (exact) mass is 531 g/mol. The zero-order chi connectivity index (χ0) is 27.0. The van der Waals surface area contributed by atoms with Crippen LogP contribution in [0.1, 0.15) is 49.3 Å². The zero-order valence-corrected chi connectivity index (χ0v) is 19.8. The van der Waals surface area contributed by atoms with Crippen LogP contribution in [-0.4, -0.2) is 68.9 Å². The van der Waals surface area contributed by atoms with Gasteiger partial charge in [0.1, 0.15) is 0 Å². The molecule has 14 heteroatoms. The van der Waals surface area contributed by atoms with E-state index in [2.05, 4.69) is 15.5 Å². The Kier molecular flexibility index (Phi) is 7.51. The predicted octanol–water partition coefficient (Wildman–Crippen LogP) is 3.00. The van der Waals surface area contributed by atoms with Crippen LogP contribution in [0, 0.1) is 5.92 Å². The highest BCUT2D eigenvalue weighted by atomic mass is 19.4. The van der Waals surface area contributed by atoms with Crippen molar-refractivity contribution in [1.29, 1.82) is 0 Å². The number of halogens is 5. The molecular formula is C23H26F5N5O4. The van der Waals surface area contributed by atoms with Crippen molar-refractivity contribution < 1.29 is 36.6 Å². The summed E-state index contributed by atoms with van der Waals surface area (Å²) in [7, 11) is 0. The number of hydrogen-bond acceptors (Lipinski definition) is 7. The third kappa shape index (κ3) is 6.42. The van der Waals surface area contributed by atoms with Gasteiger partial charge in [0, 0.05) is 31.8 Å². The lowest BCUT2D eigenvalue weighted by Crippen LogP contribution is -2.52. The van der Waals surface area contributed by atoms with Crippen molar-refractivity contribution in [2.75, 3.05) is 25.0 Å². The molecule has 2 aromatic rings. The first-order valence-corrected chi connectivity index (χ1v) is 11.7. The summed E-state index contributed by atoms with van der Waals surface area (Å²) in [4.78, 5) is 28.1. The lowest BCUT2D eigenvalue weighted by Gasteiger charge is -2.40. The van der Waals surface area contributed by atoms with E-state index in [0.717, 1.165) is 19.0 Å². The van der Waals surface area contributed by atoms with Crippen LogP contribution in [0.3, 0.4) is 0 Å². The molecule has 3 N–H and O–H groups in total. The fourth-order valence-electron chi connectivity index (χ4n) is 4.07. The number of piperidine rings is 1. The second-order valence-electron chi connectivity index (χ2n) is 9.40. The molecular weight excluding hydrogens is 505 g/mol. The predicted molar refractivity (Wildman–Crippen MR) is 120 cm³/mol. The third-order valence-corrected chi connectivity index (χ3v) is 6.60. The van der Waals surface area contributed by atoms with Gasteiger partial charge < -0.3 is 20.1 Å². The maximum absolute atomic E-state index is 14.8. The number of ether oxygens (including phenoxy) is 1. The minimum absolute atomic E-state index is 0.140.